The Balaban J connectivity index is 2.11. The van der Waals surface area contributed by atoms with Gasteiger partial charge in [0.2, 0.25) is 5.91 Å². The number of nitrogens with one attached hydrogen (secondary N) is 2. The van der Waals surface area contributed by atoms with Gasteiger partial charge in [-0.1, -0.05) is 6.92 Å². The Hall–Kier alpha value is -1.40. The van der Waals surface area contributed by atoms with Crippen LogP contribution in [0.5, 0.6) is 0 Å². The number of esters is 1. The van der Waals surface area contributed by atoms with Crippen LogP contribution in [0.4, 0.5) is 5.00 Å². The van der Waals surface area contributed by atoms with Gasteiger partial charge in [0.15, 0.2) is 0 Å². The fraction of sp³-hybridized carbons (Fsp3) is 0.571. The van der Waals surface area contributed by atoms with Crippen LogP contribution in [-0.4, -0.2) is 32.1 Å². The van der Waals surface area contributed by atoms with Crippen LogP contribution in [0.3, 0.4) is 0 Å². The van der Waals surface area contributed by atoms with Gasteiger partial charge in [0, 0.05) is 4.88 Å². The number of methoxy groups -OCH3 is 1. The third kappa shape index (κ3) is 3.19. The van der Waals surface area contributed by atoms with E-state index in [1.807, 2.05) is 6.92 Å². The minimum Gasteiger partial charge on any atom is -0.465 e. The molecule has 0 aliphatic heterocycles. The van der Waals surface area contributed by atoms with Crippen LogP contribution in [0, 0.1) is 0 Å². The molecule has 6 heteroatoms. The maximum absolute atomic E-state index is 11.9. The third-order valence-electron chi connectivity index (χ3n) is 3.28. The summed E-state index contributed by atoms with van der Waals surface area (Å²) in [4.78, 5) is 25.0. The van der Waals surface area contributed by atoms with E-state index < -0.39 is 0 Å². The molecule has 1 aliphatic rings. The zero-order chi connectivity index (χ0) is 14.5. The molecule has 0 unspecified atom stereocenters. The first kappa shape index (κ1) is 15.0. The van der Waals surface area contributed by atoms with E-state index in [0.29, 0.717) is 10.6 Å². The van der Waals surface area contributed by atoms with Crippen LogP contribution in [0.2, 0.25) is 0 Å². The average molecular weight is 296 g/mol. The maximum Gasteiger partial charge on any atom is 0.341 e. The number of fused-ring (bicyclic) bond motifs is 1. The Labute approximate surface area is 122 Å². The van der Waals surface area contributed by atoms with E-state index in [2.05, 4.69) is 10.6 Å². The molecule has 20 heavy (non-hydrogen) atoms. The van der Waals surface area contributed by atoms with Gasteiger partial charge in [-0.05, 0) is 37.8 Å². The van der Waals surface area contributed by atoms with Gasteiger partial charge in [-0.3, -0.25) is 4.79 Å². The van der Waals surface area contributed by atoms with Crippen molar-refractivity contribution in [2.45, 2.75) is 32.6 Å². The quantitative estimate of drug-likeness (QED) is 0.622. The van der Waals surface area contributed by atoms with Crippen molar-refractivity contribution in [3.05, 3.63) is 16.0 Å². The number of thiophene rings is 1. The zero-order valence-electron chi connectivity index (χ0n) is 11.9. The molecule has 1 aromatic heterocycles. The van der Waals surface area contributed by atoms with Gasteiger partial charge in [-0.2, -0.15) is 0 Å². The molecule has 1 heterocycles. The highest BCUT2D eigenvalue weighted by Gasteiger charge is 2.27. The highest BCUT2D eigenvalue weighted by atomic mass is 32.1. The third-order valence-corrected chi connectivity index (χ3v) is 4.48. The molecule has 0 radical (unpaired) electrons. The molecule has 1 amide bonds. The molecule has 0 saturated heterocycles. The lowest BCUT2D eigenvalue weighted by Gasteiger charge is -2.07. The van der Waals surface area contributed by atoms with Gasteiger partial charge >= 0.3 is 5.97 Å². The standard InChI is InChI=1S/C14H20N2O3S/c1-3-7-15-8-11(17)16-13-12(14(18)19-2)9-5-4-6-10(9)20-13/h15H,3-8H2,1-2H3,(H,16,17). The molecule has 1 aliphatic carbocycles. The molecule has 2 N–H and O–H groups in total. The number of rotatable bonds is 6. The van der Waals surface area contributed by atoms with Crippen molar-refractivity contribution < 1.29 is 14.3 Å². The number of carbonyl (C=O) groups is 2. The van der Waals surface area contributed by atoms with Gasteiger partial charge in [0.25, 0.3) is 0 Å². The van der Waals surface area contributed by atoms with E-state index >= 15 is 0 Å². The van der Waals surface area contributed by atoms with E-state index in [-0.39, 0.29) is 18.4 Å². The molecule has 0 aromatic carbocycles. The molecule has 0 atom stereocenters. The number of hydrogen-bond acceptors (Lipinski definition) is 5. The van der Waals surface area contributed by atoms with Crippen LogP contribution in [0.1, 0.15) is 40.6 Å². The van der Waals surface area contributed by atoms with E-state index in [1.165, 1.54) is 23.3 Å². The van der Waals surface area contributed by atoms with Gasteiger partial charge < -0.3 is 15.4 Å². The summed E-state index contributed by atoms with van der Waals surface area (Å²) in [5, 5.41) is 6.50. The van der Waals surface area contributed by atoms with Gasteiger partial charge in [-0.15, -0.1) is 11.3 Å². The smallest absolute Gasteiger partial charge is 0.341 e. The van der Waals surface area contributed by atoms with Crippen LogP contribution >= 0.6 is 11.3 Å². The Morgan fingerprint density at radius 2 is 2.15 bits per heavy atom. The van der Waals surface area contributed by atoms with Crippen LogP contribution in [0.25, 0.3) is 0 Å². The van der Waals surface area contributed by atoms with Gasteiger partial charge in [0.05, 0.1) is 19.2 Å². The van der Waals surface area contributed by atoms with Crippen LogP contribution < -0.4 is 10.6 Å². The molecule has 1 aromatic rings. The number of aryl methyl sites for hydroxylation is 1. The summed E-state index contributed by atoms with van der Waals surface area (Å²) in [5.74, 6) is -0.482. The number of amides is 1. The lowest BCUT2D eigenvalue weighted by molar-refractivity contribution is -0.115. The fourth-order valence-electron chi connectivity index (χ4n) is 2.36. The summed E-state index contributed by atoms with van der Waals surface area (Å²) >= 11 is 1.50. The number of ether oxygens (including phenoxy) is 1. The van der Waals surface area contributed by atoms with Crippen molar-refractivity contribution >= 4 is 28.2 Å². The SMILES string of the molecule is CCCNCC(=O)Nc1sc2c(c1C(=O)OC)CCC2. The Bertz CT molecular complexity index is 511. The monoisotopic (exact) mass is 296 g/mol. The molecule has 5 nitrogen and oxygen atoms in total. The Kier molecular flexibility index (Phi) is 5.14. The Morgan fingerprint density at radius 3 is 2.85 bits per heavy atom. The summed E-state index contributed by atoms with van der Waals surface area (Å²) in [5.41, 5.74) is 1.60. The largest absolute Gasteiger partial charge is 0.465 e. The van der Waals surface area contributed by atoms with Crippen molar-refractivity contribution in [3.8, 4) is 0 Å². The van der Waals surface area contributed by atoms with E-state index in [4.69, 9.17) is 4.74 Å². The average Bonchev–Trinajstić information content (AvgIpc) is 2.98. The summed E-state index contributed by atoms with van der Waals surface area (Å²) in [6, 6.07) is 0. The Morgan fingerprint density at radius 1 is 1.35 bits per heavy atom. The minimum absolute atomic E-state index is 0.122. The second kappa shape index (κ2) is 6.85. The predicted octanol–water partition coefficient (Wildman–Crippen LogP) is 1.96. The van der Waals surface area contributed by atoms with Gasteiger partial charge in [0.1, 0.15) is 5.00 Å². The maximum atomic E-state index is 11.9. The summed E-state index contributed by atoms with van der Waals surface area (Å²) < 4.78 is 4.84. The molecule has 110 valence electrons. The summed E-state index contributed by atoms with van der Waals surface area (Å²) in [7, 11) is 1.37. The molecule has 0 spiro atoms. The van der Waals surface area contributed by atoms with E-state index in [1.54, 1.807) is 0 Å². The summed E-state index contributed by atoms with van der Waals surface area (Å²) in [6.45, 7) is 3.11. The van der Waals surface area contributed by atoms with Crippen molar-refractivity contribution in [2.24, 2.45) is 0 Å². The van der Waals surface area contributed by atoms with Crippen molar-refractivity contribution in [1.29, 1.82) is 0 Å². The van der Waals surface area contributed by atoms with Crippen LogP contribution in [0.15, 0.2) is 0 Å². The second-order valence-electron chi connectivity index (χ2n) is 4.78. The number of hydrogen-bond donors (Lipinski definition) is 2. The molecule has 0 fully saturated rings. The van der Waals surface area contributed by atoms with Crippen molar-refractivity contribution in [3.63, 3.8) is 0 Å². The highest BCUT2D eigenvalue weighted by Crippen LogP contribution is 2.39. The summed E-state index contributed by atoms with van der Waals surface area (Å²) in [6.07, 6.45) is 3.92. The first-order valence-corrected chi connectivity index (χ1v) is 7.72. The molecular weight excluding hydrogens is 276 g/mol. The predicted molar refractivity (Wildman–Crippen MR) is 79.5 cm³/mol. The number of anilines is 1. The highest BCUT2D eigenvalue weighted by molar-refractivity contribution is 7.17. The first-order valence-electron chi connectivity index (χ1n) is 6.90. The molecule has 2 rings (SSSR count). The van der Waals surface area contributed by atoms with Crippen molar-refractivity contribution in [1.82, 2.24) is 5.32 Å². The fourth-order valence-corrected chi connectivity index (χ4v) is 3.65. The lowest BCUT2D eigenvalue weighted by atomic mass is 10.1. The lowest BCUT2D eigenvalue weighted by Crippen LogP contribution is -2.28. The topological polar surface area (TPSA) is 67.4 Å². The zero-order valence-corrected chi connectivity index (χ0v) is 12.7. The minimum atomic E-state index is -0.360. The van der Waals surface area contributed by atoms with E-state index in [9.17, 15) is 9.59 Å². The number of carbonyl (C=O) groups excluding carboxylic acids is 2. The van der Waals surface area contributed by atoms with Gasteiger partial charge in [-0.25, -0.2) is 4.79 Å². The molecule has 0 saturated carbocycles. The normalized spacial score (nSPS) is 13.1. The molecule has 0 bridgehead atoms. The van der Waals surface area contributed by atoms with Crippen molar-refractivity contribution in [2.75, 3.05) is 25.5 Å². The second-order valence-corrected chi connectivity index (χ2v) is 5.88. The first-order chi connectivity index (χ1) is 9.67. The van der Waals surface area contributed by atoms with E-state index in [0.717, 1.165) is 37.8 Å². The molecular formula is C14H20N2O3S. The van der Waals surface area contributed by atoms with Crippen LogP contribution in [-0.2, 0) is 22.4 Å².